The Bertz CT molecular complexity index is 1730. The van der Waals surface area contributed by atoms with Gasteiger partial charge in [-0.2, -0.15) is 9.97 Å². The molecule has 1 saturated heterocycles. The van der Waals surface area contributed by atoms with Crippen molar-refractivity contribution in [2.24, 2.45) is 0 Å². The summed E-state index contributed by atoms with van der Waals surface area (Å²) in [6.07, 6.45) is -2.94. The Morgan fingerprint density at radius 2 is 1.58 bits per heavy atom. The van der Waals surface area contributed by atoms with Gasteiger partial charge < -0.3 is 29.7 Å². The van der Waals surface area contributed by atoms with Crippen LogP contribution in [0.3, 0.4) is 0 Å². The average molecular weight is 618 g/mol. The molecule has 0 spiro atoms. The minimum atomic E-state index is -3.13. The lowest BCUT2D eigenvalue weighted by Crippen LogP contribution is -2.45. The van der Waals surface area contributed by atoms with Gasteiger partial charge in [0.25, 0.3) is 5.85 Å². The van der Waals surface area contributed by atoms with Crippen LogP contribution in [0.4, 0.5) is 14.7 Å². The third kappa shape index (κ3) is 5.04. The Morgan fingerprint density at radius 1 is 0.978 bits per heavy atom. The van der Waals surface area contributed by atoms with E-state index in [0.717, 1.165) is 23.6 Å². The molecule has 234 valence electrons. The summed E-state index contributed by atoms with van der Waals surface area (Å²) in [5.41, 5.74) is -0.596. The van der Waals surface area contributed by atoms with Crippen molar-refractivity contribution in [3.8, 4) is 11.6 Å². The lowest BCUT2D eigenvalue weighted by Gasteiger charge is -2.37. The summed E-state index contributed by atoms with van der Waals surface area (Å²) in [6, 6.07) is 27.1. The van der Waals surface area contributed by atoms with E-state index in [0.29, 0.717) is 5.75 Å². The van der Waals surface area contributed by atoms with Crippen LogP contribution in [0.2, 0.25) is 0 Å². The normalized spacial score (nSPS) is 23.3. The zero-order valence-electron chi connectivity index (χ0n) is 24.9. The highest BCUT2D eigenvalue weighted by atomic mass is 19.2. The van der Waals surface area contributed by atoms with Crippen molar-refractivity contribution >= 4 is 17.1 Å². The summed E-state index contributed by atoms with van der Waals surface area (Å²) >= 11 is 0. The fraction of sp³-hybridized carbons (Fsp3) is 0.303. The quantitative estimate of drug-likeness (QED) is 0.188. The van der Waals surface area contributed by atoms with E-state index in [1.807, 2.05) is 84.9 Å². The molecule has 10 nitrogen and oxygen atoms in total. The minimum Gasteiger partial charge on any atom is -0.497 e. The van der Waals surface area contributed by atoms with Gasteiger partial charge in [0.2, 0.25) is 11.8 Å². The third-order valence-electron chi connectivity index (χ3n) is 8.07. The van der Waals surface area contributed by atoms with Crippen LogP contribution in [-0.4, -0.2) is 67.7 Å². The number of methoxy groups -OCH3 is 1. The summed E-state index contributed by atoms with van der Waals surface area (Å²) in [4.78, 5) is 13.8. The molecule has 0 aliphatic carbocycles. The van der Waals surface area contributed by atoms with Crippen LogP contribution in [0.15, 0.2) is 91.3 Å². The third-order valence-corrected chi connectivity index (χ3v) is 8.07. The van der Waals surface area contributed by atoms with E-state index in [4.69, 9.17) is 19.2 Å². The van der Waals surface area contributed by atoms with Crippen molar-refractivity contribution in [1.82, 2.24) is 19.5 Å². The first-order chi connectivity index (χ1) is 21.7. The number of aliphatic hydroxyl groups excluding tert-OH is 1. The first kappa shape index (κ1) is 30.4. The molecular formula is C33H33F2N5O5. The van der Waals surface area contributed by atoms with Crippen molar-refractivity contribution in [2.75, 3.05) is 25.6 Å². The molecule has 0 radical (unpaired) electrons. The van der Waals surface area contributed by atoms with Crippen molar-refractivity contribution in [1.29, 1.82) is 0 Å². The van der Waals surface area contributed by atoms with Gasteiger partial charge >= 0.3 is 0 Å². The second kappa shape index (κ2) is 11.7. The lowest BCUT2D eigenvalue weighted by atomic mass is 9.77. The standard InChI is InChI=1S/C33H33F2N5O5/c1-4-44-27-25-26(40(20-36-25)29-31(2,42)28(34)32(35,19-41)45-29)37-30(38-27)39-33(21-11-7-5-8-12-21,22-13-9-6-10-14-22)23-15-17-24(43-3)18-16-23/h5-18,20,28-29,41-42H,4,19H2,1-3H3,(H,37,38,39)/t28-,29+,31+,32+/m0/s1. The Hall–Kier alpha value is -4.65. The number of fused-ring (bicyclic) bond motifs is 1. The molecule has 6 rings (SSSR count). The van der Waals surface area contributed by atoms with Gasteiger partial charge in [-0.1, -0.05) is 72.8 Å². The second-order valence-corrected chi connectivity index (χ2v) is 10.9. The second-order valence-electron chi connectivity index (χ2n) is 10.9. The van der Waals surface area contributed by atoms with Crippen molar-refractivity contribution in [3.05, 3.63) is 108 Å². The predicted octanol–water partition coefficient (Wildman–Crippen LogP) is 4.91. The molecule has 2 aromatic heterocycles. The molecule has 12 heteroatoms. The van der Waals surface area contributed by atoms with Gasteiger partial charge in [0, 0.05) is 0 Å². The molecule has 0 saturated carbocycles. The first-order valence-corrected chi connectivity index (χ1v) is 14.4. The number of hydrogen-bond acceptors (Lipinski definition) is 9. The van der Waals surface area contributed by atoms with Gasteiger partial charge in [0.15, 0.2) is 23.6 Å². The highest BCUT2D eigenvalue weighted by Crippen LogP contribution is 2.48. The summed E-state index contributed by atoms with van der Waals surface area (Å²) in [6.45, 7) is 1.82. The highest BCUT2D eigenvalue weighted by molar-refractivity contribution is 5.78. The van der Waals surface area contributed by atoms with Gasteiger partial charge in [-0.25, -0.2) is 13.8 Å². The van der Waals surface area contributed by atoms with Crippen molar-refractivity contribution < 1.29 is 33.2 Å². The molecular weight excluding hydrogens is 584 g/mol. The van der Waals surface area contributed by atoms with Gasteiger partial charge in [-0.15, -0.1) is 0 Å². The minimum absolute atomic E-state index is 0.0837. The van der Waals surface area contributed by atoms with E-state index in [-0.39, 0.29) is 29.6 Å². The van der Waals surface area contributed by atoms with E-state index < -0.39 is 36.0 Å². The average Bonchev–Trinajstić information content (AvgIpc) is 3.57. The molecule has 1 aliphatic rings. The number of halogens is 2. The maximum absolute atomic E-state index is 15.2. The number of nitrogens with one attached hydrogen (secondary N) is 1. The van der Waals surface area contributed by atoms with Gasteiger partial charge in [0.05, 0.1) is 20.0 Å². The summed E-state index contributed by atoms with van der Waals surface area (Å²) in [7, 11) is 1.60. The molecule has 0 unspecified atom stereocenters. The number of benzene rings is 3. The molecule has 45 heavy (non-hydrogen) atoms. The first-order valence-electron chi connectivity index (χ1n) is 14.4. The monoisotopic (exact) mass is 617 g/mol. The SMILES string of the molecule is CCOc1nc(NC(c2ccccc2)(c2ccccc2)c2ccc(OC)cc2)nc2c1ncn2[C@@H]1O[C@](F)(CO)[C@@H](F)[C@@]1(C)O. The van der Waals surface area contributed by atoms with Crippen LogP contribution in [-0.2, 0) is 10.3 Å². The molecule has 5 aromatic rings. The van der Waals surface area contributed by atoms with E-state index in [2.05, 4.69) is 15.3 Å². The predicted molar refractivity (Wildman–Crippen MR) is 162 cm³/mol. The number of alkyl halides is 2. The topological polar surface area (TPSA) is 124 Å². The summed E-state index contributed by atoms with van der Waals surface area (Å²) in [5, 5.41) is 24.2. The smallest absolute Gasteiger partial charge is 0.268 e. The van der Waals surface area contributed by atoms with E-state index in [1.54, 1.807) is 14.0 Å². The largest absolute Gasteiger partial charge is 0.497 e. The fourth-order valence-electron chi connectivity index (χ4n) is 5.84. The van der Waals surface area contributed by atoms with Crippen LogP contribution in [0.25, 0.3) is 11.2 Å². The van der Waals surface area contributed by atoms with E-state index in [1.165, 1.54) is 10.9 Å². The molecule has 3 N–H and O–H groups in total. The number of imidazole rings is 1. The number of nitrogens with zero attached hydrogens (tertiary/aromatic N) is 4. The zero-order valence-corrected chi connectivity index (χ0v) is 24.9. The van der Waals surface area contributed by atoms with Crippen molar-refractivity contribution in [3.63, 3.8) is 0 Å². The molecule has 1 fully saturated rings. The number of rotatable bonds is 10. The molecule has 3 aromatic carbocycles. The summed E-state index contributed by atoms with van der Waals surface area (Å²) < 4.78 is 48.1. The Kier molecular flexibility index (Phi) is 7.89. The fourth-order valence-corrected chi connectivity index (χ4v) is 5.84. The maximum atomic E-state index is 15.2. The van der Waals surface area contributed by atoms with Crippen LogP contribution in [0.1, 0.15) is 36.8 Å². The molecule has 0 bridgehead atoms. The number of anilines is 1. The number of ether oxygens (including phenoxy) is 3. The Labute approximate surface area is 258 Å². The number of hydrogen-bond donors (Lipinski definition) is 3. The lowest BCUT2D eigenvalue weighted by molar-refractivity contribution is -0.196. The number of aromatic nitrogens is 4. The van der Waals surface area contributed by atoms with E-state index >= 15 is 8.78 Å². The molecule has 0 amide bonds. The highest BCUT2D eigenvalue weighted by Gasteiger charge is 2.64. The Balaban J connectivity index is 1.58. The molecule has 4 atom stereocenters. The van der Waals surface area contributed by atoms with Crippen LogP contribution in [0, 0.1) is 0 Å². The molecule has 3 heterocycles. The van der Waals surface area contributed by atoms with Crippen LogP contribution >= 0.6 is 0 Å². The summed E-state index contributed by atoms with van der Waals surface area (Å²) in [5.74, 6) is -2.25. The zero-order chi connectivity index (χ0) is 31.8. The van der Waals surface area contributed by atoms with Gasteiger partial charge in [0.1, 0.15) is 23.5 Å². The van der Waals surface area contributed by atoms with E-state index in [9.17, 15) is 10.2 Å². The Morgan fingerprint density at radius 3 is 2.11 bits per heavy atom. The molecule has 1 aliphatic heterocycles. The van der Waals surface area contributed by atoms with Crippen LogP contribution < -0.4 is 14.8 Å². The van der Waals surface area contributed by atoms with Crippen LogP contribution in [0.5, 0.6) is 11.6 Å². The van der Waals surface area contributed by atoms with Crippen molar-refractivity contribution in [2.45, 2.75) is 43.2 Å². The number of aliphatic hydroxyl groups is 2. The van der Waals surface area contributed by atoms with Gasteiger partial charge in [-0.05, 0) is 42.7 Å². The van der Waals surface area contributed by atoms with Gasteiger partial charge in [-0.3, -0.25) is 4.57 Å². The maximum Gasteiger partial charge on any atom is 0.268 e.